The zero-order valence-corrected chi connectivity index (χ0v) is 14.7. The highest BCUT2D eigenvalue weighted by Crippen LogP contribution is 2.37. The highest BCUT2D eigenvalue weighted by molar-refractivity contribution is 5.92. The van der Waals surface area contributed by atoms with Crippen LogP contribution in [-0.2, 0) is 19.5 Å². The number of hydrogen-bond acceptors (Lipinski definition) is 3. The minimum Gasteiger partial charge on any atom is -0.386 e. The number of H-pyrrole nitrogens is 1. The standard InChI is InChI=1S/C19H26N4O2/c1-2-14-7-8-16(20-14)19(25)22-9-4-10-23-15(12-22)11-17(21-23)18(24)13-5-3-6-13/h7-8,11,13,18,20,24H,2-6,9-10,12H2,1H3. The number of amides is 1. The molecule has 2 N–H and O–H groups in total. The van der Waals surface area contributed by atoms with Gasteiger partial charge in [-0.15, -0.1) is 0 Å². The minimum atomic E-state index is -0.465. The van der Waals surface area contributed by atoms with Gasteiger partial charge in [0.2, 0.25) is 0 Å². The molecule has 1 atom stereocenters. The van der Waals surface area contributed by atoms with E-state index in [2.05, 4.69) is 17.0 Å². The van der Waals surface area contributed by atoms with Crippen LogP contribution in [-0.4, -0.2) is 37.2 Å². The van der Waals surface area contributed by atoms with Crippen molar-refractivity contribution in [3.8, 4) is 0 Å². The summed E-state index contributed by atoms with van der Waals surface area (Å²) in [4.78, 5) is 17.9. The van der Waals surface area contributed by atoms with Gasteiger partial charge < -0.3 is 15.0 Å². The number of hydrogen-bond donors (Lipinski definition) is 2. The van der Waals surface area contributed by atoms with E-state index in [1.807, 2.05) is 27.8 Å². The van der Waals surface area contributed by atoms with Gasteiger partial charge in [0.1, 0.15) is 11.8 Å². The average molecular weight is 342 g/mol. The van der Waals surface area contributed by atoms with Crippen molar-refractivity contribution in [2.75, 3.05) is 6.54 Å². The SMILES string of the molecule is CCc1ccc(C(=O)N2CCCn3nc(C(O)C4CCC4)cc3C2)[nH]1. The lowest BCUT2D eigenvalue weighted by molar-refractivity contribution is 0.0580. The Kier molecular flexibility index (Phi) is 4.37. The maximum atomic E-state index is 12.8. The number of nitrogens with one attached hydrogen (secondary N) is 1. The van der Waals surface area contributed by atoms with Crippen molar-refractivity contribution in [2.45, 2.75) is 58.2 Å². The van der Waals surface area contributed by atoms with E-state index in [-0.39, 0.29) is 5.91 Å². The van der Waals surface area contributed by atoms with Gasteiger partial charge in [-0.05, 0) is 49.8 Å². The lowest BCUT2D eigenvalue weighted by atomic mass is 9.80. The molecule has 1 aliphatic heterocycles. The van der Waals surface area contributed by atoms with Gasteiger partial charge >= 0.3 is 0 Å². The number of aryl methyl sites for hydroxylation is 2. The molecule has 0 aromatic carbocycles. The van der Waals surface area contributed by atoms with Crippen LogP contribution < -0.4 is 0 Å². The minimum absolute atomic E-state index is 0.0374. The van der Waals surface area contributed by atoms with E-state index in [4.69, 9.17) is 0 Å². The fraction of sp³-hybridized carbons (Fsp3) is 0.579. The molecule has 1 saturated carbocycles. The summed E-state index contributed by atoms with van der Waals surface area (Å²) in [7, 11) is 0. The molecule has 3 heterocycles. The second-order valence-electron chi connectivity index (χ2n) is 7.25. The van der Waals surface area contributed by atoms with Crippen LogP contribution in [0.25, 0.3) is 0 Å². The maximum absolute atomic E-state index is 12.8. The maximum Gasteiger partial charge on any atom is 0.270 e. The first-order chi connectivity index (χ1) is 12.2. The fourth-order valence-corrected chi connectivity index (χ4v) is 3.74. The quantitative estimate of drug-likeness (QED) is 0.897. The predicted molar refractivity (Wildman–Crippen MR) is 94.1 cm³/mol. The zero-order chi connectivity index (χ0) is 17.4. The summed E-state index contributed by atoms with van der Waals surface area (Å²) < 4.78 is 1.97. The molecule has 6 nitrogen and oxygen atoms in total. The van der Waals surface area contributed by atoms with Gasteiger partial charge in [0, 0.05) is 18.8 Å². The molecule has 0 radical (unpaired) electrons. The van der Waals surface area contributed by atoms with Crippen LogP contribution in [0.2, 0.25) is 0 Å². The highest BCUT2D eigenvalue weighted by Gasteiger charge is 2.30. The molecular weight excluding hydrogens is 316 g/mol. The Balaban J connectivity index is 1.52. The number of carbonyl (C=O) groups excluding carboxylic acids is 1. The molecular formula is C19H26N4O2. The van der Waals surface area contributed by atoms with Crippen LogP contribution in [0.1, 0.15) is 66.3 Å². The van der Waals surface area contributed by atoms with Crippen LogP contribution in [0, 0.1) is 5.92 Å². The van der Waals surface area contributed by atoms with E-state index in [0.717, 1.165) is 55.9 Å². The monoisotopic (exact) mass is 342 g/mol. The number of carbonyl (C=O) groups is 1. The Bertz CT molecular complexity index is 759. The molecule has 1 unspecified atom stereocenters. The molecule has 134 valence electrons. The van der Waals surface area contributed by atoms with Crippen molar-refractivity contribution >= 4 is 5.91 Å². The molecule has 0 saturated heterocycles. The third kappa shape index (κ3) is 3.11. The Morgan fingerprint density at radius 2 is 2.20 bits per heavy atom. The van der Waals surface area contributed by atoms with E-state index in [1.54, 1.807) is 0 Å². The van der Waals surface area contributed by atoms with Crippen molar-refractivity contribution in [1.29, 1.82) is 0 Å². The van der Waals surface area contributed by atoms with Gasteiger partial charge in [0.15, 0.2) is 0 Å². The number of rotatable bonds is 4. The Labute approximate surface area is 147 Å². The predicted octanol–water partition coefficient (Wildman–Crippen LogP) is 2.65. The Hall–Kier alpha value is -2.08. The summed E-state index contributed by atoms with van der Waals surface area (Å²) in [6.45, 7) is 4.13. The molecule has 2 aliphatic rings. The molecule has 1 fully saturated rings. The largest absolute Gasteiger partial charge is 0.386 e. The number of aromatic nitrogens is 3. The van der Waals surface area contributed by atoms with Gasteiger partial charge in [-0.2, -0.15) is 5.10 Å². The van der Waals surface area contributed by atoms with Crippen molar-refractivity contribution in [3.63, 3.8) is 0 Å². The second kappa shape index (κ2) is 6.67. The third-order valence-corrected chi connectivity index (χ3v) is 5.58. The lowest BCUT2D eigenvalue weighted by Crippen LogP contribution is -2.31. The number of aromatic amines is 1. The smallest absolute Gasteiger partial charge is 0.270 e. The van der Waals surface area contributed by atoms with Crippen molar-refractivity contribution < 1.29 is 9.90 Å². The molecule has 1 aliphatic carbocycles. The Morgan fingerprint density at radius 1 is 1.36 bits per heavy atom. The van der Waals surface area contributed by atoms with Gasteiger partial charge in [-0.3, -0.25) is 9.48 Å². The average Bonchev–Trinajstić information content (AvgIpc) is 3.15. The first-order valence-electron chi connectivity index (χ1n) is 9.37. The first-order valence-corrected chi connectivity index (χ1v) is 9.37. The molecule has 4 rings (SSSR count). The number of nitrogens with zero attached hydrogens (tertiary/aromatic N) is 3. The summed E-state index contributed by atoms with van der Waals surface area (Å²) in [5.41, 5.74) is 3.51. The molecule has 25 heavy (non-hydrogen) atoms. The van der Waals surface area contributed by atoms with E-state index >= 15 is 0 Å². The number of aliphatic hydroxyl groups is 1. The zero-order valence-electron chi connectivity index (χ0n) is 14.7. The van der Waals surface area contributed by atoms with Crippen LogP contribution >= 0.6 is 0 Å². The molecule has 2 aromatic heterocycles. The van der Waals surface area contributed by atoms with E-state index < -0.39 is 6.10 Å². The number of fused-ring (bicyclic) bond motifs is 1. The number of aliphatic hydroxyl groups excluding tert-OH is 1. The van der Waals surface area contributed by atoms with Crippen LogP contribution in [0.15, 0.2) is 18.2 Å². The normalized spacial score (nSPS) is 19.2. The van der Waals surface area contributed by atoms with Gasteiger partial charge in [-0.25, -0.2) is 0 Å². The molecule has 0 bridgehead atoms. The van der Waals surface area contributed by atoms with Crippen LogP contribution in [0.4, 0.5) is 0 Å². The van der Waals surface area contributed by atoms with E-state index in [0.29, 0.717) is 18.2 Å². The summed E-state index contributed by atoms with van der Waals surface area (Å²) in [5.74, 6) is 0.388. The van der Waals surface area contributed by atoms with E-state index in [9.17, 15) is 9.90 Å². The van der Waals surface area contributed by atoms with Crippen molar-refractivity contribution in [1.82, 2.24) is 19.7 Å². The summed E-state index contributed by atoms with van der Waals surface area (Å²) in [6, 6.07) is 5.83. The molecule has 0 spiro atoms. The summed E-state index contributed by atoms with van der Waals surface area (Å²) >= 11 is 0. The first kappa shape index (κ1) is 16.4. The van der Waals surface area contributed by atoms with Gasteiger partial charge in [-0.1, -0.05) is 13.3 Å². The van der Waals surface area contributed by atoms with Gasteiger partial charge in [0.25, 0.3) is 5.91 Å². The molecule has 2 aromatic rings. The van der Waals surface area contributed by atoms with Gasteiger partial charge in [0.05, 0.1) is 17.9 Å². The topological polar surface area (TPSA) is 74.2 Å². The molecule has 1 amide bonds. The summed E-state index contributed by atoms with van der Waals surface area (Å²) in [5, 5.41) is 15.1. The highest BCUT2D eigenvalue weighted by atomic mass is 16.3. The van der Waals surface area contributed by atoms with Crippen LogP contribution in [0.3, 0.4) is 0 Å². The second-order valence-corrected chi connectivity index (χ2v) is 7.25. The van der Waals surface area contributed by atoms with E-state index in [1.165, 1.54) is 6.42 Å². The fourth-order valence-electron chi connectivity index (χ4n) is 3.74. The third-order valence-electron chi connectivity index (χ3n) is 5.58. The molecule has 6 heteroatoms. The van der Waals surface area contributed by atoms with Crippen molar-refractivity contribution in [3.05, 3.63) is 41.0 Å². The van der Waals surface area contributed by atoms with Crippen LogP contribution in [0.5, 0.6) is 0 Å². The Morgan fingerprint density at radius 3 is 2.88 bits per heavy atom. The van der Waals surface area contributed by atoms with Crippen molar-refractivity contribution in [2.24, 2.45) is 5.92 Å². The summed E-state index contributed by atoms with van der Waals surface area (Å²) in [6.07, 6.45) is 4.67. The lowest BCUT2D eigenvalue weighted by Gasteiger charge is -2.29.